The number of aliphatic hydroxyl groups excluding tert-OH is 1. The molecule has 0 amide bonds. The molecule has 0 aromatic carbocycles. The molecule has 0 aromatic rings. The standard InChI is InChI=1S/C10H19NO3S/c12-8-10(4-1-2-5-10)11-9-3-6-15(13,14)7-9/h9,11-12H,1-8H2. The summed E-state index contributed by atoms with van der Waals surface area (Å²) in [5.74, 6) is 0.543. The van der Waals surface area contributed by atoms with Gasteiger partial charge in [0.15, 0.2) is 9.84 Å². The molecule has 5 heteroatoms. The molecule has 1 aliphatic carbocycles. The Bertz CT molecular complexity index is 320. The fraction of sp³-hybridized carbons (Fsp3) is 1.00. The van der Waals surface area contributed by atoms with Gasteiger partial charge >= 0.3 is 0 Å². The molecule has 1 aliphatic heterocycles. The Balaban J connectivity index is 1.96. The molecule has 2 rings (SSSR count). The SMILES string of the molecule is O=S1(=O)CCC(NC2(CO)CCCC2)C1. The first-order valence-corrected chi connectivity index (χ1v) is 7.46. The minimum atomic E-state index is -2.82. The molecule has 15 heavy (non-hydrogen) atoms. The van der Waals surface area contributed by atoms with Crippen molar-refractivity contribution >= 4 is 9.84 Å². The Morgan fingerprint density at radius 3 is 2.47 bits per heavy atom. The van der Waals surface area contributed by atoms with Gasteiger partial charge in [-0.2, -0.15) is 0 Å². The van der Waals surface area contributed by atoms with Crippen molar-refractivity contribution in [2.45, 2.75) is 43.7 Å². The molecular weight excluding hydrogens is 214 g/mol. The highest BCUT2D eigenvalue weighted by Crippen LogP contribution is 2.30. The van der Waals surface area contributed by atoms with Crippen LogP contribution >= 0.6 is 0 Å². The summed E-state index contributed by atoms with van der Waals surface area (Å²) >= 11 is 0. The Kier molecular flexibility index (Phi) is 3.05. The molecule has 2 N–H and O–H groups in total. The molecule has 0 spiro atoms. The molecule has 0 bridgehead atoms. The number of sulfone groups is 1. The minimum Gasteiger partial charge on any atom is -0.394 e. The van der Waals surface area contributed by atoms with E-state index >= 15 is 0 Å². The van der Waals surface area contributed by atoms with Crippen LogP contribution in [0.4, 0.5) is 0 Å². The van der Waals surface area contributed by atoms with Crippen molar-refractivity contribution in [3.63, 3.8) is 0 Å². The van der Waals surface area contributed by atoms with E-state index in [0.29, 0.717) is 12.2 Å². The van der Waals surface area contributed by atoms with Crippen LogP contribution in [-0.4, -0.2) is 43.2 Å². The van der Waals surface area contributed by atoms with Gasteiger partial charge in [-0.1, -0.05) is 12.8 Å². The van der Waals surface area contributed by atoms with Gasteiger partial charge in [0.1, 0.15) is 0 Å². The van der Waals surface area contributed by atoms with Gasteiger partial charge in [-0.3, -0.25) is 0 Å². The summed E-state index contributed by atoms with van der Waals surface area (Å²) in [4.78, 5) is 0. The van der Waals surface area contributed by atoms with Crippen molar-refractivity contribution < 1.29 is 13.5 Å². The fourth-order valence-electron chi connectivity index (χ4n) is 2.74. The normalized spacial score (nSPS) is 33.3. The highest BCUT2D eigenvalue weighted by molar-refractivity contribution is 7.91. The van der Waals surface area contributed by atoms with Crippen LogP contribution in [-0.2, 0) is 9.84 Å². The van der Waals surface area contributed by atoms with Crippen LogP contribution in [0.3, 0.4) is 0 Å². The first kappa shape index (κ1) is 11.4. The first-order chi connectivity index (χ1) is 7.05. The van der Waals surface area contributed by atoms with Crippen LogP contribution in [0.1, 0.15) is 32.1 Å². The lowest BCUT2D eigenvalue weighted by atomic mass is 9.97. The zero-order chi connectivity index (χ0) is 10.9. The third-order valence-electron chi connectivity index (χ3n) is 3.61. The molecule has 2 aliphatic rings. The van der Waals surface area contributed by atoms with E-state index in [1.165, 1.54) is 0 Å². The van der Waals surface area contributed by atoms with Gasteiger partial charge in [-0.05, 0) is 19.3 Å². The quantitative estimate of drug-likeness (QED) is 0.724. The molecule has 1 saturated heterocycles. The van der Waals surface area contributed by atoms with Gasteiger partial charge in [0.05, 0.1) is 18.1 Å². The van der Waals surface area contributed by atoms with Gasteiger partial charge < -0.3 is 10.4 Å². The third kappa shape index (κ3) is 2.52. The second-order valence-electron chi connectivity index (χ2n) is 4.89. The predicted octanol–water partition coefficient (Wildman–Crippen LogP) is 0.0682. The topological polar surface area (TPSA) is 66.4 Å². The van der Waals surface area contributed by atoms with Crippen molar-refractivity contribution in [1.29, 1.82) is 0 Å². The summed E-state index contributed by atoms with van der Waals surface area (Å²) in [6.45, 7) is 0.129. The summed E-state index contributed by atoms with van der Waals surface area (Å²) in [5.41, 5.74) is -0.190. The largest absolute Gasteiger partial charge is 0.394 e. The summed E-state index contributed by atoms with van der Waals surface area (Å²) in [6, 6.07) is 0.0558. The van der Waals surface area contributed by atoms with E-state index in [-0.39, 0.29) is 23.9 Å². The molecule has 1 atom stereocenters. The average molecular weight is 233 g/mol. The van der Waals surface area contributed by atoms with Crippen LogP contribution in [0.25, 0.3) is 0 Å². The van der Waals surface area contributed by atoms with Gasteiger partial charge in [0.2, 0.25) is 0 Å². The zero-order valence-corrected chi connectivity index (χ0v) is 9.72. The zero-order valence-electron chi connectivity index (χ0n) is 8.91. The highest BCUT2D eigenvalue weighted by Gasteiger charge is 2.38. The smallest absolute Gasteiger partial charge is 0.151 e. The van der Waals surface area contributed by atoms with E-state index < -0.39 is 9.84 Å². The molecular formula is C10H19NO3S. The maximum atomic E-state index is 11.3. The third-order valence-corrected chi connectivity index (χ3v) is 5.37. The van der Waals surface area contributed by atoms with Crippen molar-refractivity contribution in [3.05, 3.63) is 0 Å². The van der Waals surface area contributed by atoms with E-state index in [0.717, 1.165) is 25.7 Å². The predicted molar refractivity (Wildman–Crippen MR) is 58.5 cm³/mol. The van der Waals surface area contributed by atoms with Gasteiger partial charge in [0, 0.05) is 11.6 Å². The highest BCUT2D eigenvalue weighted by atomic mass is 32.2. The number of hydrogen-bond donors (Lipinski definition) is 2. The first-order valence-electron chi connectivity index (χ1n) is 5.64. The summed E-state index contributed by atoms with van der Waals surface area (Å²) in [5, 5.41) is 12.8. The number of hydrogen-bond acceptors (Lipinski definition) is 4. The van der Waals surface area contributed by atoms with Crippen LogP contribution in [0, 0.1) is 0 Å². The van der Waals surface area contributed by atoms with Gasteiger partial charge in [-0.25, -0.2) is 8.42 Å². The van der Waals surface area contributed by atoms with Crippen molar-refractivity contribution in [2.75, 3.05) is 18.1 Å². The van der Waals surface area contributed by atoms with E-state index in [2.05, 4.69) is 5.32 Å². The van der Waals surface area contributed by atoms with E-state index in [4.69, 9.17) is 0 Å². The van der Waals surface area contributed by atoms with Crippen LogP contribution in [0.15, 0.2) is 0 Å². The number of nitrogens with one attached hydrogen (secondary N) is 1. The van der Waals surface area contributed by atoms with E-state index in [1.54, 1.807) is 0 Å². The van der Waals surface area contributed by atoms with Gasteiger partial charge in [0.25, 0.3) is 0 Å². The second-order valence-corrected chi connectivity index (χ2v) is 7.12. The number of rotatable bonds is 3. The second kappa shape index (κ2) is 4.03. The lowest BCUT2D eigenvalue weighted by Crippen LogP contribution is -2.51. The maximum Gasteiger partial charge on any atom is 0.151 e. The Hall–Kier alpha value is -0.130. The van der Waals surface area contributed by atoms with Crippen molar-refractivity contribution in [3.8, 4) is 0 Å². The Morgan fingerprint density at radius 1 is 1.33 bits per heavy atom. The summed E-state index contributed by atoms with van der Waals surface area (Å²) < 4.78 is 22.6. The molecule has 0 aromatic heterocycles. The molecule has 1 saturated carbocycles. The lowest BCUT2D eigenvalue weighted by molar-refractivity contribution is 0.154. The molecule has 1 heterocycles. The van der Waals surface area contributed by atoms with Crippen LogP contribution in [0.5, 0.6) is 0 Å². The average Bonchev–Trinajstić information content (AvgIpc) is 2.75. The van der Waals surface area contributed by atoms with E-state index in [9.17, 15) is 13.5 Å². The summed E-state index contributed by atoms with van der Waals surface area (Å²) in [6.07, 6.45) is 4.91. The molecule has 1 unspecified atom stereocenters. The molecule has 88 valence electrons. The maximum absolute atomic E-state index is 11.3. The Labute approximate surface area is 91.0 Å². The molecule has 4 nitrogen and oxygen atoms in total. The lowest BCUT2D eigenvalue weighted by Gasteiger charge is -2.31. The van der Waals surface area contributed by atoms with Crippen LogP contribution < -0.4 is 5.32 Å². The van der Waals surface area contributed by atoms with Gasteiger partial charge in [-0.15, -0.1) is 0 Å². The van der Waals surface area contributed by atoms with Crippen LogP contribution in [0.2, 0.25) is 0 Å². The monoisotopic (exact) mass is 233 g/mol. The number of aliphatic hydroxyl groups is 1. The minimum absolute atomic E-state index is 0.0558. The molecule has 0 radical (unpaired) electrons. The molecule has 2 fully saturated rings. The Morgan fingerprint density at radius 2 is 2.00 bits per heavy atom. The van der Waals surface area contributed by atoms with Crippen molar-refractivity contribution in [2.24, 2.45) is 0 Å². The van der Waals surface area contributed by atoms with E-state index in [1.807, 2.05) is 0 Å². The van der Waals surface area contributed by atoms with Crippen molar-refractivity contribution in [1.82, 2.24) is 5.32 Å². The fourth-order valence-corrected chi connectivity index (χ4v) is 4.42. The summed E-state index contributed by atoms with van der Waals surface area (Å²) in [7, 11) is -2.82.